The fraction of sp³-hybridized carbons (Fsp3) is 0.182. The van der Waals surface area contributed by atoms with Gasteiger partial charge in [-0.3, -0.25) is 0 Å². The van der Waals surface area contributed by atoms with E-state index < -0.39 is 23.1 Å². The van der Waals surface area contributed by atoms with Crippen LogP contribution in [0.5, 0.6) is 5.75 Å². The zero-order valence-electron chi connectivity index (χ0n) is 16.4. The molecule has 0 unspecified atom stereocenters. The predicted octanol–water partition coefficient (Wildman–Crippen LogP) is 4.01. The summed E-state index contributed by atoms with van der Waals surface area (Å²) in [5.41, 5.74) is 7.11. The third-order valence-corrected chi connectivity index (χ3v) is 5.69. The second-order valence-corrected chi connectivity index (χ2v) is 7.61. The molecule has 0 spiro atoms. The quantitative estimate of drug-likeness (QED) is 0.491. The first kappa shape index (κ1) is 19.8. The van der Waals surface area contributed by atoms with Crippen LogP contribution in [0.4, 0.5) is 19.0 Å². The summed E-state index contributed by atoms with van der Waals surface area (Å²) in [5.74, 6) is -0.956. The lowest BCUT2D eigenvalue weighted by Crippen LogP contribution is -2.11. The number of nitrogens with zero attached hydrogens (tertiary/aromatic N) is 5. The van der Waals surface area contributed by atoms with Crippen LogP contribution in [0.15, 0.2) is 42.7 Å². The van der Waals surface area contributed by atoms with Crippen LogP contribution in [-0.4, -0.2) is 24.9 Å². The van der Waals surface area contributed by atoms with Crippen molar-refractivity contribution in [3.63, 3.8) is 0 Å². The molecule has 1 aliphatic rings. The molecule has 2 aromatic carbocycles. The summed E-state index contributed by atoms with van der Waals surface area (Å²) in [6.07, 6.45) is -2.17. The number of phenolic OH excluding ortho intramolecular Hbond substituents is 1. The van der Waals surface area contributed by atoms with Gasteiger partial charge in [0, 0.05) is 5.56 Å². The highest BCUT2D eigenvalue weighted by Gasteiger charge is 2.38. The molecule has 2 heterocycles. The van der Waals surface area contributed by atoms with Gasteiger partial charge in [-0.2, -0.15) is 23.5 Å². The van der Waals surface area contributed by atoms with Crippen molar-refractivity contribution in [2.75, 3.05) is 5.73 Å². The highest BCUT2D eigenvalue weighted by Crippen LogP contribution is 2.42. The van der Waals surface area contributed by atoms with Crippen LogP contribution >= 0.6 is 0 Å². The lowest BCUT2D eigenvalue weighted by Gasteiger charge is -2.12. The molecule has 4 aromatic rings. The Hall–Kier alpha value is -4.13. The standard InChI is InChI=1S/C22H15F3N6O/c23-22(24,25)18-14(9-26)5-13(8-16(18)32)19-17-20(27)28-10-29-21(17)31(30-19)15-6-11-3-1-2-4-12(11)7-15/h1-5,8,10,15,32H,6-7H2,(H2,27,28,29). The van der Waals surface area contributed by atoms with Gasteiger partial charge >= 0.3 is 6.18 Å². The van der Waals surface area contributed by atoms with E-state index in [0.29, 0.717) is 23.9 Å². The monoisotopic (exact) mass is 436 g/mol. The summed E-state index contributed by atoms with van der Waals surface area (Å²) < 4.78 is 41.6. The van der Waals surface area contributed by atoms with E-state index in [-0.39, 0.29) is 23.1 Å². The summed E-state index contributed by atoms with van der Waals surface area (Å²) in [5, 5.41) is 24.4. The number of nitrogen functional groups attached to an aromatic ring is 1. The minimum Gasteiger partial charge on any atom is -0.507 e. The van der Waals surface area contributed by atoms with Crippen LogP contribution in [0.2, 0.25) is 0 Å². The highest BCUT2D eigenvalue weighted by molar-refractivity contribution is 5.98. The number of halogens is 3. The van der Waals surface area contributed by atoms with E-state index in [1.54, 1.807) is 4.68 Å². The van der Waals surface area contributed by atoms with Gasteiger partial charge in [0.05, 0.1) is 23.1 Å². The minimum atomic E-state index is -4.88. The van der Waals surface area contributed by atoms with Crippen LogP contribution in [-0.2, 0) is 19.0 Å². The van der Waals surface area contributed by atoms with Gasteiger partial charge in [0.15, 0.2) is 5.65 Å². The number of alkyl halides is 3. The molecule has 0 atom stereocenters. The molecule has 0 amide bonds. The predicted molar refractivity (Wildman–Crippen MR) is 109 cm³/mol. The van der Waals surface area contributed by atoms with Crippen LogP contribution in [0, 0.1) is 11.3 Å². The summed E-state index contributed by atoms with van der Waals surface area (Å²) in [6.45, 7) is 0. The Balaban J connectivity index is 1.70. The number of anilines is 1. The SMILES string of the molecule is N#Cc1cc(-c2nn(C3Cc4ccccc4C3)c3ncnc(N)c23)cc(O)c1C(F)(F)F. The van der Waals surface area contributed by atoms with E-state index >= 15 is 0 Å². The van der Waals surface area contributed by atoms with E-state index in [9.17, 15) is 23.5 Å². The number of hydrogen-bond donors (Lipinski definition) is 2. The molecule has 5 rings (SSSR count). The number of hydrogen-bond acceptors (Lipinski definition) is 6. The molecule has 0 aliphatic heterocycles. The number of phenols is 1. The number of aromatic hydroxyl groups is 1. The van der Waals surface area contributed by atoms with Crippen molar-refractivity contribution in [3.8, 4) is 23.1 Å². The van der Waals surface area contributed by atoms with Crippen molar-refractivity contribution < 1.29 is 18.3 Å². The van der Waals surface area contributed by atoms with Crippen LogP contribution < -0.4 is 5.73 Å². The topological polar surface area (TPSA) is 114 Å². The van der Waals surface area contributed by atoms with E-state index in [2.05, 4.69) is 15.1 Å². The smallest absolute Gasteiger partial charge is 0.421 e. The Bertz CT molecular complexity index is 1390. The number of rotatable bonds is 2. The largest absolute Gasteiger partial charge is 0.507 e. The van der Waals surface area contributed by atoms with Crippen molar-refractivity contribution in [3.05, 3.63) is 65.0 Å². The first-order valence-electron chi connectivity index (χ1n) is 9.68. The van der Waals surface area contributed by atoms with Gasteiger partial charge in [0.1, 0.15) is 29.2 Å². The number of aromatic nitrogens is 4. The molecule has 1 aliphatic carbocycles. The van der Waals surface area contributed by atoms with E-state index in [0.717, 1.165) is 12.1 Å². The molecule has 0 saturated heterocycles. The number of benzene rings is 2. The fourth-order valence-corrected chi connectivity index (χ4v) is 4.31. The number of fused-ring (bicyclic) bond motifs is 2. The maximum absolute atomic E-state index is 13.3. The Morgan fingerprint density at radius 1 is 1.12 bits per heavy atom. The average molecular weight is 436 g/mol. The molecule has 10 heteroatoms. The van der Waals surface area contributed by atoms with E-state index in [1.807, 2.05) is 24.3 Å². The van der Waals surface area contributed by atoms with Gasteiger partial charge in [-0.05, 0) is 36.1 Å². The molecular formula is C22H15F3N6O. The summed E-state index contributed by atoms with van der Waals surface area (Å²) >= 11 is 0. The molecule has 0 saturated carbocycles. The normalized spacial score (nSPS) is 13.9. The first-order chi connectivity index (χ1) is 15.3. The van der Waals surface area contributed by atoms with Crippen molar-refractivity contribution >= 4 is 16.9 Å². The second kappa shape index (κ2) is 6.95. The van der Waals surface area contributed by atoms with E-state index in [1.165, 1.54) is 23.5 Å². The Morgan fingerprint density at radius 2 is 1.81 bits per heavy atom. The summed E-state index contributed by atoms with van der Waals surface area (Å²) in [4.78, 5) is 8.32. The van der Waals surface area contributed by atoms with Crippen molar-refractivity contribution in [2.24, 2.45) is 0 Å². The van der Waals surface area contributed by atoms with Crippen LogP contribution in [0.3, 0.4) is 0 Å². The lowest BCUT2D eigenvalue weighted by molar-refractivity contribution is -0.138. The van der Waals surface area contributed by atoms with Gasteiger partial charge < -0.3 is 10.8 Å². The van der Waals surface area contributed by atoms with Crippen molar-refractivity contribution in [1.29, 1.82) is 5.26 Å². The molecule has 2 aromatic heterocycles. The molecule has 7 nitrogen and oxygen atoms in total. The Kier molecular flexibility index (Phi) is 4.30. The number of nitrogens with two attached hydrogens (primary N) is 1. The fourth-order valence-electron chi connectivity index (χ4n) is 4.31. The summed E-state index contributed by atoms with van der Waals surface area (Å²) in [7, 11) is 0. The molecular weight excluding hydrogens is 421 g/mol. The third-order valence-electron chi connectivity index (χ3n) is 5.69. The highest BCUT2D eigenvalue weighted by atomic mass is 19.4. The van der Waals surface area contributed by atoms with Crippen molar-refractivity contribution in [1.82, 2.24) is 19.7 Å². The zero-order chi connectivity index (χ0) is 22.6. The summed E-state index contributed by atoms with van der Waals surface area (Å²) in [6, 6.07) is 11.4. The van der Waals surface area contributed by atoms with Gasteiger partial charge in [-0.25, -0.2) is 14.6 Å². The maximum Gasteiger partial charge on any atom is 0.421 e. The van der Waals surface area contributed by atoms with Gasteiger partial charge in [-0.1, -0.05) is 24.3 Å². The van der Waals surface area contributed by atoms with Gasteiger partial charge in [0.2, 0.25) is 0 Å². The first-order valence-corrected chi connectivity index (χ1v) is 9.68. The molecule has 32 heavy (non-hydrogen) atoms. The van der Waals surface area contributed by atoms with Gasteiger partial charge in [0.25, 0.3) is 0 Å². The molecule has 0 radical (unpaired) electrons. The minimum absolute atomic E-state index is 0.0727. The molecule has 0 fully saturated rings. The molecule has 160 valence electrons. The van der Waals surface area contributed by atoms with Gasteiger partial charge in [-0.15, -0.1) is 0 Å². The lowest BCUT2D eigenvalue weighted by atomic mass is 10.00. The zero-order valence-corrected chi connectivity index (χ0v) is 16.4. The third kappa shape index (κ3) is 3.01. The molecule has 0 bridgehead atoms. The van der Waals surface area contributed by atoms with Crippen molar-refractivity contribution in [2.45, 2.75) is 25.1 Å². The van der Waals surface area contributed by atoms with E-state index in [4.69, 9.17) is 5.73 Å². The molecule has 3 N–H and O–H groups in total. The average Bonchev–Trinajstić information content (AvgIpc) is 3.34. The Labute approximate surface area is 179 Å². The number of nitriles is 1. The Morgan fingerprint density at radius 3 is 2.44 bits per heavy atom. The second-order valence-electron chi connectivity index (χ2n) is 7.61. The van der Waals surface area contributed by atoms with Crippen LogP contribution in [0.25, 0.3) is 22.3 Å². The maximum atomic E-state index is 13.3. The van der Waals surface area contributed by atoms with Crippen LogP contribution in [0.1, 0.15) is 28.3 Å².